The maximum atomic E-state index is 14.2. The number of fused-ring (bicyclic) bond motifs is 2. The molecule has 0 radical (unpaired) electrons. The zero-order valence-electron chi connectivity index (χ0n) is 16.6. The van der Waals surface area contributed by atoms with Crippen molar-refractivity contribution in [3.05, 3.63) is 96.6 Å². The van der Waals surface area contributed by atoms with E-state index in [0.29, 0.717) is 22.1 Å². The first kappa shape index (κ1) is 20.3. The van der Waals surface area contributed by atoms with Crippen LogP contribution in [0.25, 0.3) is 27.5 Å². The van der Waals surface area contributed by atoms with Crippen LogP contribution in [0.5, 0.6) is 0 Å². The molecule has 0 saturated heterocycles. The molecule has 0 spiro atoms. The lowest BCUT2D eigenvalue weighted by molar-refractivity contribution is -0.271. The minimum absolute atomic E-state index is 0.283. The fourth-order valence-electron chi connectivity index (χ4n) is 3.95. The van der Waals surface area contributed by atoms with Gasteiger partial charge in [-0.3, -0.25) is 0 Å². The van der Waals surface area contributed by atoms with Crippen molar-refractivity contribution in [1.82, 2.24) is 14.3 Å². The third kappa shape index (κ3) is 3.23. The van der Waals surface area contributed by atoms with Crippen LogP contribution in [0.3, 0.4) is 0 Å². The Morgan fingerprint density at radius 2 is 1.59 bits per heavy atom. The van der Waals surface area contributed by atoms with Crippen molar-refractivity contribution in [3.63, 3.8) is 0 Å². The maximum Gasteiger partial charge on any atom is 0.423 e. The van der Waals surface area contributed by atoms with E-state index in [2.05, 4.69) is 5.10 Å². The number of aromatic nitrogens is 3. The van der Waals surface area contributed by atoms with E-state index in [4.69, 9.17) is 0 Å². The van der Waals surface area contributed by atoms with Crippen LogP contribution in [0.4, 0.5) is 17.6 Å². The standard InChI is InChI=1S/C24H17F4N3O/c25-19-6-8-20(9-7-19)31-22-10-5-18(13-17(22)14-29-31)23(32,24(26,27)28)15-30-12-11-16-3-1-2-4-21(16)30/h1-14,32H,15H2. The van der Waals surface area contributed by atoms with Gasteiger partial charge in [-0.2, -0.15) is 18.3 Å². The average Bonchev–Trinajstić information content (AvgIpc) is 3.37. The molecule has 3 aromatic carbocycles. The number of hydrogen-bond donors (Lipinski definition) is 1. The quantitative estimate of drug-likeness (QED) is 0.372. The van der Waals surface area contributed by atoms with E-state index in [1.54, 1.807) is 30.3 Å². The van der Waals surface area contributed by atoms with Crippen LogP contribution in [-0.2, 0) is 12.1 Å². The minimum Gasteiger partial charge on any atom is -0.375 e. The topological polar surface area (TPSA) is 43.0 Å². The summed E-state index contributed by atoms with van der Waals surface area (Å²) < 4.78 is 58.6. The molecule has 5 rings (SSSR count). The highest BCUT2D eigenvalue weighted by atomic mass is 19.4. The van der Waals surface area contributed by atoms with E-state index < -0.39 is 24.1 Å². The number of para-hydroxylation sites is 1. The lowest BCUT2D eigenvalue weighted by atomic mass is 9.91. The summed E-state index contributed by atoms with van der Waals surface area (Å²) in [5.74, 6) is -0.403. The molecule has 2 aromatic heterocycles. The highest BCUT2D eigenvalue weighted by Crippen LogP contribution is 2.42. The van der Waals surface area contributed by atoms with Gasteiger partial charge in [-0.05, 0) is 59.5 Å². The third-order valence-electron chi connectivity index (χ3n) is 5.67. The average molecular weight is 439 g/mol. The zero-order chi connectivity index (χ0) is 22.5. The molecule has 1 atom stereocenters. The summed E-state index contributed by atoms with van der Waals surface area (Å²) in [6.45, 7) is -0.693. The summed E-state index contributed by atoms with van der Waals surface area (Å²) in [6.07, 6.45) is -1.96. The summed E-state index contributed by atoms with van der Waals surface area (Å²) in [7, 11) is 0. The zero-order valence-corrected chi connectivity index (χ0v) is 16.6. The molecule has 8 heteroatoms. The smallest absolute Gasteiger partial charge is 0.375 e. The molecule has 1 N–H and O–H groups in total. The molecule has 32 heavy (non-hydrogen) atoms. The second-order valence-corrected chi connectivity index (χ2v) is 7.67. The van der Waals surface area contributed by atoms with Gasteiger partial charge in [0.25, 0.3) is 0 Å². The Kier molecular flexibility index (Phi) is 4.56. The Labute approximate surface area is 179 Å². The Balaban J connectivity index is 1.59. The van der Waals surface area contributed by atoms with Crippen molar-refractivity contribution in [3.8, 4) is 5.69 Å². The van der Waals surface area contributed by atoms with Crippen molar-refractivity contribution in [1.29, 1.82) is 0 Å². The first-order valence-corrected chi connectivity index (χ1v) is 9.83. The van der Waals surface area contributed by atoms with Gasteiger partial charge < -0.3 is 9.67 Å². The molecule has 0 fully saturated rings. The molecular formula is C24H17F4N3O. The van der Waals surface area contributed by atoms with Gasteiger partial charge in [-0.25, -0.2) is 9.07 Å². The minimum atomic E-state index is -4.92. The van der Waals surface area contributed by atoms with E-state index in [-0.39, 0.29) is 5.56 Å². The number of alkyl halides is 3. The van der Waals surface area contributed by atoms with E-state index >= 15 is 0 Å². The van der Waals surface area contributed by atoms with Gasteiger partial charge in [0.2, 0.25) is 5.60 Å². The van der Waals surface area contributed by atoms with Gasteiger partial charge in [0.1, 0.15) is 5.82 Å². The second-order valence-electron chi connectivity index (χ2n) is 7.67. The predicted octanol–water partition coefficient (Wildman–Crippen LogP) is 5.57. The molecule has 0 bridgehead atoms. The van der Waals surface area contributed by atoms with Crippen LogP contribution < -0.4 is 0 Å². The van der Waals surface area contributed by atoms with Crippen molar-refractivity contribution < 1.29 is 22.7 Å². The molecule has 1 unspecified atom stereocenters. The van der Waals surface area contributed by atoms with Gasteiger partial charge in [-0.1, -0.05) is 24.3 Å². The number of aliphatic hydroxyl groups is 1. The van der Waals surface area contributed by atoms with E-state index in [1.807, 2.05) is 0 Å². The largest absolute Gasteiger partial charge is 0.423 e. The molecule has 0 aliphatic heterocycles. The van der Waals surface area contributed by atoms with Gasteiger partial charge in [0.05, 0.1) is 23.9 Å². The summed E-state index contributed by atoms with van der Waals surface area (Å²) >= 11 is 0. The lowest BCUT2D eigenvalue weighted by Crippen LogP contribution is -2.45. The highest BCUT2D eigenvalue weighted by Gasteiger charge is 2.55. The van der Waals surface area contributed by atoms with Crippen LogP contribution in [0.15, 0.2) is 85.2 Å². The third-order valence-corrected chi connectivity index (χ3v) is 5.67. The second kappa shape index (κ2) is 7.20. The molecule has 0 saturated carbocycles. The van der Waals surface area contributed by atoms with Crippen LogP contribution in [0, 0.1) is 5.82 Å². The van der Waals surface area contributed by atoms with E-state index in [0.717, 1.165) is 5.39 Å². The normalized spacial score (nSPS) is 14.2. The maximum absolute atomic E-state index is 14.2. The Morgan fingerprint density at radius 3 is 2.34 bits per heavy atom. The van der Waals surface area contributed by atoms with Crippen molar-refractivity contribution in [2.75, 3.05) is 0 Å². The number of hydrogen-bond acceptors (Lipinski definition) is 2. The monoisotopic (exact) mass is 439 g/mol. The van der Waals surface area contributed by atoms with E-state index in [9.17, 15) is 22.7 Å². The summed E-state index contributed by atoms with van der Waals surface area (Å²) in [5.41, 5.74) is -1.69. The van der Waals surface area contributed by atoms with Gasteiger partial charge >= 0.3 is 6.18 Å². The summed E-state index contributed by atoms with van der Waals surface area (Å²) in [4.78, 5) is 0. The van der Waals surface area contributed by atoms with Gasteiger partial charge in [-0.15, -0.1) is 0 Å². The van der Waals surface area contributed by atoms with Crippen LogP contribution in [0.2, 0.25) is 0 Å². The Hall–Kier alpha value is -3.65. The molecule has 2 heterocycles. The van der Waals surface area contributed by atoms with Gasteiger partial charge in [0, 0.05) is 17.1 Å². The molecule has 4 nitrogen and oxygen atoms in total. The number of halogens is 4. The predicted molar refractivity (Wildman–Crippen MR) is 113 cm³/mol. The Bertz CT molecular complexity index is 1420. The first-order valence-electron chi connectivity index (χ1n) is 9.83. The number of rotatable bonds is 4. The fourth-order valence-corrected chi connectivity index (χ4v) is 3.95. The van der Waals surface area contributed by atoms with Crippen LogP contribution >= 0.6 is 0 Å². The van der Waals surface area contributed by atoms with Crippen molar-refractivity contribution in [2.45, 2.75) is 18.3 Å². The number of nitrogens with zero attached hydrogens (tertiary/aromatic N) is 3. The van der Waals surface area contributed by atoms with Gasteiger partial charge in [0.15, 0.2) is 0 Å². The molecular weight excluding hydrogens is 422 g/mol. The molecule has 0 aliphatic rings. The van der Waals surface area contributed by atoms with Crippen molar-refractivity contribution >= 4 is 21.8 Å². The lowest BCUT2D eigenvalue weighted by Gasteiger charge is -2.31. The van der Waals surface area contributed by atoms with Crippen LogP contribution in [-0.4, -0.2) is 25.6 Å². The van der Waals surface area contributed by atoms with Crippen molar-refractivity contribution in [2.24, 2.45) is 0 Å². The fraction of sp³-hybridized carbons (Fsp3) is 0.125. The molecule has 162 valence electrons. The van der Waals surface area contributed by atoms with E-state index in [1.165, 1.54) is 64.1 Å². The highest BCUT2D eigenvalue weighted by molar-refractivity contribution is 5.82. The summed E-state index contributed by atoms with van der Waals surface area (Å²) in [5, 5.41) is 16.4. The first-order chi connectivity index (χ1) is 15.3. The van der Waals surface area contributed by atoms with Crippen LogP contribution in [0.1, 0.15) is 5.56 Å². The number of benzene rings is 3. The molecule has 0 amide bonds. The summed E-state index contributed by atoms with van der Waals surface area (Å²) in [6, 6.07) is 18.4. The SMILES string of the molecule is OC(Cn1ccc2ccccc21)(c1ccc2c(cnn2-c2ccc(F)cc2)c1)C(F)(F)F. The molecule has 5 aromatic rings. The molecule has 0 aliphatic carbocycles. The Morgan fingerprint density at radius 1 is 0.844 bits per heavy atom.